The Morgan fingerprint density at radius 1 is 1.62 bits per heavy atom. The molecule has 4 nitrogen and oxygen atoms in total. The number of nitrogens with two attached hydrogens (primary N) is 1. The molecule has 0 amide bonds. The molecule has 0 aliphatic heterocycles. The number of ether oxygens (including phenoxy) is 1. The van der Waals surface area contributed by atoms with Crippen molar-refractivity contribution in [1.82, 2.24) is 0 Å². The number of carboxylic acid groups (broad SMARTS) is 1. The van der Waals surface area contributed by atoms with Crippen LogP contribution in [-0.2, 0) is 10.3 Å². The van der Waals surface area contributed by atoms with Gasteiger partial charge >= 0.3 is 5.97 Å². The quantitative estimate of drug-likeness (QED) is 0.817. The molecule has 1 atom stereocenters. The largest absolute Gasteiger partial charge is 0.496 e. The Morgan fingerprint density at radius 3 is 2.75 bits per heavy atom. The van der Waals surface area contributed by atoms with Crippen molar-refractivity contribution in [3.8, 4) is 5.75 Å². The van der Waals surface area contributed by atoms with Crippen LogP contribution >= 0.6 is 0 Å². The van der Waals surface area contributed by atoms with Crippen molar-refractivity contribution in [3.05, 3.63) is 29.6 Å². The van der Waals surface area contributed by atoms with Crippen LogP contribution in [0.1, 0.15) is 18.9 Å². The highest BCUT2D eigenvalue weighted by atomic mass is 19.1. The highest BCUT2D eigenvalue weighted by Crippen LogP contribution is 2.31. The second-order valence-corrected chi connectivity index (χ2v) is 3.83. The van der Waals surface area contributed by atoms with Crippen molar-refractivity contribution in [3.63, 3.8) is 0 Å². The van der Waals surface area contributed by atoms with Crippen molar-refractivity contribution in [2.45, 2.75) is 18.9 Å². The van der Waals surface area contributed by atoms with E-state index >= 15 is 0 Å². The predicted molar refractivity (Wildman–Crippen MR) is 56.7 cm³/mol. The van der Waals surface area contributed by atoms with E-state index < -0.39 is 17.3 Å². The number of rotatable bonds is 4. The average Bonchev–Trinajstić information content (AvgIpc) is 2.15. The topological polar surface area (TPSA) is 72.5 Å². The minimum Gasteiger partial charge on any atom is -0.496 e. The molecule has 5 heteroatoms. The maximum absolute atomic E-state index is 13.1. The van der Waals surface area contributed by atoms with Gasteiger partial charge in [-0.15, -0.1) is 0 Å². The van der Waals surface area contributed by atoms with Crippen molar-refractivity contribution in [2.75, 3.05) is 7.11 Å². The molecule has 0 saturated heterocycles. The summed E-state index contributed by atoms with van der Waals surface area (Å²) in [6, 6.07) is 3.86. The molecule has 0 aromatic heterocycles. The summed E-state index contributed by atoms with van der Waals surface area (Å²) >= 11 is 0. The highest BCUT2D eigenvalue weighted by Gasteiger charge is 2.28. The number of methoxy groups -OCH3 is 1. The molecule has 3 N–H and O–H groups in total. The van der Waals surface area contributed by atoms with Crippen LogP contribution in [0.15, 0.2) is 18.2 Å². The number of carbonyl (C=O) groups is 1. The number of halogens is 1. The lowest BCUT2D eigenvalue weighted by Crippen LogP contribution is -2.36. The van der Waals surface area contributed by atoms with Crippen LogP contribution in [0.2, 0.25) is 0 Å². The lowest BCUT2D eigenvalue weighted by atomic mass is 9.89. The molecule has 1 aromatic carbocycles. The van der Waals surface area contributed by atoms with Gasteiger partial charge in [0, 0.05) is 5.56 Å². The molecule has 1 rings (SSSR count). The van der Waals surface area contributed by atoms with Gasteiger partial charge in [0.05, 0.1) is 19.1 Å². The number of carboxylic acids is 1. The summed E-state index contributed by atoms with van der Waals surface area (Å²) in [7, 11) is 1.42. The molecular formula is C11H14FNO3. The second-order valence-electron chi connectivity index (χ2n) is 3.83. The summed E-state index contributed by atoms with van der Waals surface area (Å²) in [5.74, 6) is -1.14. The van der Waals surface area contributed by atoms with Gasteiger partial charge in [-0.05, 0) is 25.1 Å². The van der Waals surface area contributed by atoms with Gasteiger partial charge < -0.3 is 15.6 Å². The van der Waals surface area contributed by atoms with E-state index in [0.29, 0.717) is 11.3 Å². The summed E-state index contributed by atoms with van der Waals surface area (Å²) in [4.78, 5) is 10.7. The Morgan fingerprint density at radius 2 is 2.25 bits per heavy atom. The molecule has 0 fully saturated rings. The second kappa shape index (κ2) is 4.49. The zero-order valence-corrected chi connectivity index (χ0v) is 9.16. The van der Waals surface area contributed by atoms with Crippen LogP contribution in [0.5, 0.6) is 5.75 Å². The Labute approximate surface area is 92.8 Å². The standard InChI is InChI=1S/C11H14FNO3/c1-11(13,6-10(14)15)8-5-7(12)3-4-9(8)16-2/h3-5H,6,13H2,1-2H3,(H,14,15). The minimum atomic E-state index is -1.17. The van der Waals surface area contributed by atoms with E-state index in [4.69, 9.17) is 15.6 Å². The van der Waals surface area contributed by atoms with Crippen molar-refractivity contribution in [2.24, 2.45) is 5.73 Å². The fourth-order valence-corrected chi connectivity index (χ4v) is 1.54. The molecule has 0 bridgehead atoms. The predicted octanol–water partition coefficient (Wildman–Crippen LogP) is 1.48. The van der Waals surface area contributed by atoms with Crippen LogP contribution in [0.4, 0.5) is 4.39 Å². The average molecular weight is 227 g/mol. The Balaban J connectivity index is 3.18. The molecule has 1 unspecified atom stereocenters. The Bertz CT molecular complexity index is 404. The van der Waals surface area contributed by atoms with Crippen LogP contribution in [0, 0.1) is 5.82 Å². The van der Waals surface area contributed by atoms with E-state index in [9.17, 15) is 9.18 Å². The molecule has 1 aromatic rings. The fourth-order valence-electron chi connectivity index (χ4n) is 1.54. The first-order valence-electron chi connectivity index (χ1n) is 4.71. The van der Waals surface area contributed by atoms with Gasteiger partial charge in [0.2, 0.25) is 0 Å². The van der Waals surface area contributed by atoms with Gasteiger partial charge in [-0.25, -0.2) is 4.39 Å². The summed E-state index contributed by atoms with van der Waals surface area (Å²) in [5.41, 5.74) is 5.03. The molecule has 0 aliphatic rings. The van der Waals surface area contributed by atoms with Crippen LogP contribution in [0.3, 0.4) is 0 Å². The zero-order chi connectivity index (χ0) is 12.3. The van der Waals surface area contributed by atoms with Gasteiger partial charge in [0.25, 0.3) is 0 Å². The third-order valence-electron chi connectivity index (χ3n) is 2.30. The van der Waals surface area contributed by atoms with Crippen molar-refractivity contribution >= 4 is 5.97 Å². The monoisotopic (exact) mass is 227 g/mol. The van der Waals surface area contributed by atoms with E-state index in [1.807, 2.05) is 0 Å². The fraction of sp³-hybridized carbons (Fsp3) is 0.364. The van der Waals surface area contributed by atoms with Crippen LogP contribution in [-0.4, -0.2) is 18.2 Å². The van der Waals surface area contributed by atoms with Crippen LogP contribution in [0.25, 0.3) is 0 Å². The van der Waals surface area contributed by atoms with Crippen molar-refractivity contribution in [1.29, 1.82) is 0 Å². The highest BCUT2D eigenvalue weighted by molar-refractivity contribution is 5.69. The lowest BCUT2D eigenvalue weighted by molar-refractivity contribution is -0.138. The lowest BCUT2D eigenvalue weighted by Gasteiger charge is -2.25. The minimum absolute atomic E-state index is 0.299. The molecule has 88 valence electrons. The molecule has 0 saturated carbocycles. The smallest absolute Gasteiger partial charge is 0.305 e. The number of hydrogen-bond acceptors (Lipinski definition) is 3. The zero-order valence-electron chi connectivity index (χ0n) is 9.16. The molecule has 0 aliphatic carbocycles. The third-order valence-corrected chi connectivity index (χ3v) is 2.30. The molecule has 0 heterocycles. The van der Waals surface area contributed by atoms with E-state index in [-0.39, 0.29) is 6.42 Å². The first-order valence-corrected chi connectivity index (χ1v) is 4.71. The van der Waals surface area contributed by atoms with E-state index in [0.717, 1.165) is 0 Å². The van der Waals surface area contributed by atoms with E-state index in [2.05, 4.69) is 0 Å². The van der Waals surface area contributed by atoms with Crippen molar-refractivity contribution < 1.29 is 19.0 Å². The molecule has 16 heavy (non-hydrogen) atoms. The first-order chi connectivity index (χ1) is 7.36. The summed E-state index contributed by atoms with van der Waals surface area (Å²) < 4.78 is 18.1. The van der Waals surface area contributed by atoms with Gasteiger partial charge in [-0.2, -0.15) is 0 Å². The number of hydrogen-bond donors (Lipinski definition) is 2. The maximum Gasteiger partial charge on any atom is 0.305 e. The van der Waals surface area contributed by atoms with E-state index in [1.54, 1.807) is 0 Å². The van der Waals surface area contributed by atoms with Crippen LogP contribution < -0.4 is 10.5 Å². The number of aliphatic carboxylic acids is 1. The first kappa shape index (κ1) is 12.4. The number of benzene rings is 1. The normalized spacial score (nSPS) is 14.2. The molecule has 0 spiro atoms. The summed E-state index contributed by atoms with van der Waals surface area (Å²) in [5, 5.41) is 8.73. The Hall–Kier alpha value is -1.62. The maximum atomic E-state index is 13.1. The van der Waals surface area contributed by atoms with Gasteiger partial charge in [-0.3, -0.25) is 4.79 Å². The Kier molecular flexibility index (Phi) is 3.49. The summed E-state index contributed by atoms with van der Waals surface area (Å²) in [6.45, 7) is 1.53. The van der Waals surface area contributed by atoms with Gasteiger partial charge in [0.15, 0.2) is 0 Å². The SMILES string of the molecule is COc1ccc(F)cc1C(C)(N)CC(=O)O. The summed E-state index contributed by atoms with van der Waals surface area (Å²) in [6.07, 6.45) is -0.299. The van der Waals surface area contributed by atoms with Gasteiger partial charge in [-0.1, -0.05) is 0 Å². The molecular weight excluding hydrogens is 213 g/mol. The third kappa shape index (κ3) is 2.70. The van der Waals surface area contributed by atoms with Gasteiger partial charge in [0.1, 0.15) is 11.6 Å². The molecule has 0 radical (unpaired) electrons. The van der Waals surface area contributed by atoms with E-state index in [1.165, 1.54) is 32.2 Å².